The summed E-state index contributed by atoms with van der Waals surface area (Å²) < 4.78 is 10.8. The van der Waals surface area contributed by atoms with E-state index < -0.39 is 12.6 Å². The summed E-state index contributed by atoms with van der Waals surface area (Å²) in [6.45, 7) is 1.42. The summed E-state index contributed by atoms with van der Waals surface area (Å²) in [5, 5.41) is 11.2. The van der Waals surface area contributed by atoms with Crippen molar-refractivity contribution < 1.29 is 24.2 Å². The molecule has 2 N–H and O–H groups in total. The average molecular weight is 365 g/mol. The van der Waals surface area contributed by atoms with Crippen LogP contribution in [0, 0.1) is 0 Å². The number of methoxy groups -OCH3 is 1. The molecular weight excluding hydrogens is 350 g/mol. The number of ether oxygens (including phenoxy) is 2. The van der Waals surface area contributed by atoms with Crippen molar-refractivity contribution in [3.8, 4) is 11.5 Å². The SMILES string of the molecule is COc1cc(C=C(C)C=C2SC(=S)NC2=O)ccc1OCC(=O)O. The molecule has 0 aliphatic carbocycles. The highest BCUT2D eigenvalue weighted by Gasteiger charge is 2.21. The molecule has 0 aromatic heterocycles. The van der Waals surface area contributed by atoms with Crippen molar-refractivity contribution in [2.45, 2.75) is 6.92 Å². The van der Waals surface area contributed by atoms with E-state index in [9.17, 15) is 9.59 Å². The van der Waals surface area contributed by atoms with Crippen LogP contribution in [0.15, 0.2) is 34.8 Å². The lowest BCUT2D eigenvalue weighted by atomic mass is 10.1. The van der Waals surface area contributed by atoms with Gasteiger partial charge in [0.15, 0.2) is 18.1 Å². The van der Waals surface area contributed by atoms with E-state index in [0.29, 0.717) is 20.7 Å². The van der Waals surface area contributed by atoms with E-state index in [2.05, 4.69) is 5.32 Å². The van der Waals surface area contributed by atoms with Gasteiger partial charge in [0, 0.05) is 0 Å². The van der Waals surface area contributed by atoms with Crippen molar-refractivity contribution in [1.82, 2.24) is 5.32 Å². The fraction of sp³-hybridized carbons (Fsp3) is 0.188. The van der Waals surface area contributed by atoms with Gasteiger partial charge in [0.1, 0.15) is 4.32 Å². The summed E-state index contributed by atoms with van der Waals surface area (Å²) in [5.41, 5.74) is 1.69. The van der Waals surface area contributed by atoms with Crippen molar-refractivity contribution in [2.75, 3.05) is 13.7 Å². The number of hydrogen-bond acceptors (Lipinski definition) is 6. The smallest absolute Gasteiger partial charge is 0.341 e. The average Bonchev–Trinajstić information content (AvgIpc) is 2.83. The quantitative estimate of drug-likeness (QED) is 0.592. The second-order valence-corrected chi connectivity index (χ2v) is 6.55. The zero-order valence-corrected chi connectivity index (χ0v) is 14.6. The van der Waals surface area contributed by atoms with Gasteiger partial charge in [0.25, 0.3) is 5.91 Å². The first kappa shape index (κ1) is 18.0. The van der Waals surface area contributed by atoms with Crippen LogP contribution in [0.3, 0.4) is 0 Å². The molecule has 1 aliphatic rings. The Labute approximate surface area is 148 Å². The van der Waals surface area contributed by atoms with E-state index in [1.54, 1.807) is 24.3 Å². The second-order valence-electron chi connectivity index (χ2n) is 4.83. The van der Waals surface area contributed by atoms with E-state index in [4.69, 9.17) is 26.8 Å². The van der Waals surface area contributed by atoms with E-state index >= 15 is 0 Å². The molecule has 24 heavy (non-hydrogen) atoms. The molecule has 8 heteroatoms. The molecular formula is C16H15NO5S2. The summed E-state index contributed by atoms with van der Waals surface area (Å²) in [4.78, 5) is 22.8. The second kappa shape index (κ2) is 7.98. The van der Waals surface area contributed by atoms with Crippen LogP contribution >= 0.6 is 24.0 Å². The fourth-order valence-corrected chi connectivity index (χ4v) is 3.06. The Morgan fingerprint density at radius 1 is 1.42 bits per heavy atom. The number of aliphatic carboxylic acids is 1. The Bertz CT molecular complexity index is 755. The summed E-state index contributed by atoms with van der Waals surface area (Å²) in [6, 6.07) is 5.14. The predicted octanol–water partition coefficient (Wildman–Crippen LogP) is 2.59. The number of amides is 1. The number of allylic oxidation sites excluding steroid dienone is 2. The van der Waals surface area contributed by atoms with E-state index in [0.717, 1.165) is 11.1 Å². The van der Waals surface area contributed by atoms with Crippen molar-refractivity contribution in [3.05, 3.63) is 40.3 Å². The third-order valence-corrected chi connectivity index (χ3v) is 4.10. The minimum absolute atomic E-state index is 0.201. The molecule has 1 aliphatic heterocycles. The normalized spacial score (nSPS) is 16.2. The predicted molar refractivity (Wildman–Crippen MR) is 96.2 cm³/mol. The number of carboxylic acid groups (broad SMARTS) is 1. The van der Waals surface area contributed by atoms with Crippen LogP contribution in [0.4, 0.5) is 0 Å². The van der Waals surface area contributed by atoms with Gasteiger partial charge in [-0.1, -0.05) is 36.1 Å². The van der Waals surface area contributed by atoms with Gasteiger partial charge < -0.3 is 19.9 Å². The molecule has 0 unspecified atom stereocenters. The maximum atomic E-state index is 11.6. The van der Waals surface area contributed by atoms with Crippen LogP contribution < -0.4 is 14.8 Å². The van der Waals surface area contributed by atoms with E-state index in [1.807, 2.05) is 13.0 Å². The number of benzene rings is 1. The van der Waals surface area contributed by atoms with Crippen molar-refractivity contribution in [1.29, 1.82) is 0 Å². The molecule has 1 aromatic carbocycles. The monoisotopic (exact) mass is 365 g/mol. The molecule has 1 aromatic rings. The lowest BCUT2D eigenvalue weighted by Gasteiger charge is -2.10. The van der Waals surface area contributed by atoms with Gasteiger partial charge in [0.2, 0.25) is 0 Å². The van der Waals surface area contributed by atoms with E-state index in [1.165, 1.54) is 18.9 Å². The van der Waals surface area contributed by atoms with Crippen LogP contribution in [-0.4, -0.2) is 35.0 Å². The highest BCUT2D eigenvalue weighted by atomic mass is 32.2. The fourth-order valence-electron chi connectivity index (χ4n) is 1.97. The molecule has 0 radical (unpaired) electrons. The Morgan fingerprint density at radius 2 is 2.17 bits per heavy atom. The zero-order valence-electron chi connectivity index (χ0n) is 13.0. The molecule has 1 saturated heterocycles. The lowest BCUT2D eigenvalue weighted by Crippen LogP contribution is -2.17. The standard InChI is InChI=1S/C16H15NO5S2/c1-9(6-13-15(20)17-16(23)24-13)5-10-3-4-11(12(7-10)21-2)22-8-14(18)19/h3-7H,8H2,1-2H3,(H,18,19)(H,17,20,23). The van der Waals surface area contributed by atoms with Gasteiger partial charge in [-0.3, -0.25) is 4.79 Å². The summed E-state index contributed by atoms with van der Waals surface area (Å²) in [6.07, 6.45) is 3.62. The van der Waals surface area contributed by atoms with Crippen LogP contribution in [0.5, 0.6) is 11.5 Å². The number of carbonyl (C=O) groups is 2. The molecule has 126 valence electrons. The lowest BCUT2D eigenvalue weighted by molar-refractivity contribution is -0.139. The van der Waals surface area contributed by atoms with Gasteiger partial charge in [0.05, 0.1) is 12.0 Å². The number of thioether (sulfide) groups is 1. The summed E-state index contributed by atoms with van der Waals surface area (Å²) in [7, 11) is 1.48. The summed E-state index contributed by atoms with van der Waals surface area (Å²) >= 11 is 6.17. The van der Waals surface area contributed by atoms with Crippen LogP contribution in [0.1, 0.15) is 12.5 Å². The molecule has 0 atom stereocenters. The Morgan fingerprint density at radius 3 is 2.75 bits per heavy atom. The number of nitrogens with one attached hydrogen (secondary N) is 1. The van der Waals surface area contributed by atoms with Crippen LogP contribution in [-0.2, 0) is 9.59 Å². The van der Waals surface area contributed by atoms with Crippen LogP contribution in [0.2, 0.25) is 0 Å². The van der Waals surface area contributed by atoms with Crippen LogP contribution in [0.25, 0.3) is 6.08 Å². The minimum atomic E-state index is -1.06. The van der Waals surface area contributed by atoms with Crippen molar-refractivity contribution in [3.63, 3.8) is 0 Å². The Balaban J connectivity index is 2.19. The molecule has 0 spiro atoms. The van der Waals surface area contributed by atoms with Gasteiger partial charge in [-0.2, -0.15) is 0 Å². The number of carbonyl (C=O) groups excluding carboxylic acids is 1. The highest BCUT2D eigenvalue weighted by molar-refractivity contribution is 8.26. The van der Waals surface area contributed by atoms with Crippen molar-refractivity contribution >= 4 is 46.3 Å². The maximum Gasteiger partial charge on any atom is 0.341 e. The van der Waals surface area contributed by atoms with Gasteiger partial charge >= 0.3 is 5.97 Å². The first-order valence-electron chi connectivity index (χ1n) is 6.85. The molecule has 0 saturated carbocycles. The third kappa shape index (κ3) is 4.84. The molecule has 1 fully saturated rings. The molecule has 0 bridgehead atoms. The topological polar surface area (TPSA) is 84.9 Å². The maximum absolute atomic E-state index is 11.6. The van der Waals surface area contributed by atoms with Gasteiger partial charge in [-0.05, 0) is 36.3 Å². The van der Waals surface area contributed by atoms with Gasteiger partial charge in [-0.25, -0.2) is 4.79 Å². The first-order valence-corrected chi connectivity index (χ1v) is 8.07. The first-order chi connectivity index (χ1) is 11.4. The van der Waals surface area contributed by atoms with Gasteiger partial charge in [-0.15, -0.1) is 0 Å². The molecule has 1 heterocycles. The van der Waals surface area contributed by atoms with Crippen molar-refractivity contribution in [2.24, 2.45) is 0 Å². The highest BCUT2D eigenvalue weighted by Crippen LogP contribution is 2.30. The number of rotatable bonds is 6. The largest absolute Gasteiger partial charge is 0.493 e. The van der Waals surface area contributed by atoms with E-state index in [-0.39, 0.29) is 5.91 Å². The minimum Gasteiger partial charge on any atom is -0.493 e. The molecule has 2 rings (SSSR count). The third-order valence-electron chi connectivity index (χ3n) is 2.93. The molecule has 6 nitrogen and oxygen atoms in total. The zero-order chi connectivity index (χ0) is 17.7. The Kier molecular flexibility index (Phi) is 5.99. The molecule has 1 amide bonds. The number of hydrogen-bond donors (Lipinski definition) is 2. The summed E-state index contributed by atoms with van der Waals surface area (Å²) in [5.74, 6) is -0.481. The number of thiocarbonyl (C=S) groups is 1. The number of carboxylic acids is 1. The Hall–Kier alpha value is -2.32.